The average Bonchev–Trinajstić information content (AvgIpc) is 3.11. The summed E-state index contributed by atoms with van der Waals surface area (Å²) in [6, 6.07) is 1.07. The Labute approximate surface area is 123 Å². The largest absolute Gasteiger partial charge is 0.314 e. The lowest BCUT2D eigenvalue weighted by atomic mass is 10.2. The summed E-state index contributed by atoms with van der Waals surface area (Å²) in [6.07, 6.45) is 4.21. The molecule has 0 aromatic rings. The number of nitrogens with one attached hydrogen (secondary N) is 1. The van der Waals surface area contributed by atoms with Crippen LogP contribution in [0, 0.1) is 0 Å². The van der Waals surface area contributed by atoms with E-state index in [9.17, 15) is 8.42 Å². The van der Waals surface area contributed by atoms with Crippen LogP contribution < -0.4 is 5.32 Å². The Morgan fingerprint density at radius 3 is 2.50 bits per heavy atom. The first kappa shape index (κ1) is 16.2. The zero-order chi connectivity index (χ0) is 14.6. The van der Waals surface area contributed by atoms with Crippen molar-refractivity contribution in [3.05, 3.63) is 0 Å². The van der Waals surface area contributed by atoms with E-state index in [1.807, 2.05) is 0 Å². The predicted molar refractivity (Wildman–Crippen MR) is 82.3 cm³/mol. The van der Waals surface area contributed by atoms with Crippen molar-refractivity contribution in [3.8, 4) is 0 Å². The number of rotatable bonds is 9. The Hall–Kier alpha value is -0.170. The van der Waals surface area contributed by atoms with Crippen LogP contribution >= 0.6 is 0 Å². The van der Waals surface area contributed by atoms with Crippen molar-refractivity contribution < 1.29 is 8.42 Å². The normalized spacial score (nSPS) is 24.6. The van der Waals surface area contributed by atoms with Gasteiger partial charge in [0.2, 0.25) is 10.0 Å². The van der Waals surface area contributed by atoms with Gasteiger partial charge in [-0.05, 0) is 45.3 Å². The van der Waals surface area contributed by atoms with Gasteiger partial charge in [0.25, 0.3) is 0 Å². The third-order valence-electron chi connectivity index (χ3n) is 4.44. The molecule has 20 heavy (non-hydrogen) atoms. The molecule has 1 saturated heterocycles. The van der Waals surface area contributed by atoms with Crippen LogP contribution in [0.2, 0.25) is 0 Å². The molecule has 5 nitrogen and oxygen atoms in total. The van der Waals surface area contributed by atoms with E-state index >= 15 is 0 Å². The quantitative estimate of drug-likeness (QED) is 0.642. The molecule has 118 valence electrons. The summed E-state index contributed by atoms with van der Waals surface area (Å²) in [5.74, 6) is 0.289. The molecule has 0 bridgehead atoms. The SMILES string of the molecule is CCN(CC)C1CCN(S(=O)(=O)CCCNC2CC2)C1. The van der Waals surface area contributed by atoms with Gasteiger partial charge >= 0.3 is 0 Å². The zero-order valence-corrected chi connectivity index (χ0v) is 13.7. The molecule has 1 aliphatic carbocycles. The van der Waals surface area contributed by atoms with Crippen LogP contribution in [0.5, 0.6) is 0 Å². The van der Waals surface area contributed by atoms with Crippen molar-refractivity contribution in [2.75, 3.05) is 38.5 Å². The van der Waals surface area contributed by atoms with Gasteiger partial charge in [-0.1, -0.05) is 13.8 Å². The van der Waals surface area contributed by atoms with Crippen LogP contribution in [0.1, 0.15) is 39.5 Å². The van der Waals surface area contributed by atoms with Gasteiger partial charge in [-0.15, -0.1) is 0 Å². The molecule has 1 heterocycles. The molecule has 1 aliphatic heterocycles. The maximum Gasteiger partial charge on any atom is 0.214 e. The second kappa shape index (κ2) is 7.20. The number of hydrogen-bond acceptors (Lipinski definition) is 4. The van der Waals surface area contributed by atoms with E-state index in [1.165, 1.54) is 12.8 Å². The van der Waals surface area contributed by atoms with E-state index in [2.05, 4.69) is 24.1 Å². The number of sulfonamides is 1. The number of likely N-dealkylation sites (N-methyl/N-ethyl adjacent to an activating group) is 1. The van der Waals surface area contributed by atoms with Crippen molar-refractivity contribution in [2.45, 2.75) is 51.6 Å². The van der Waals surface area contributed by atoms with Crippen molar-refractivity contribution in [3.63, 3.8) is 0 Å². The maximum atomic E-state index is 12.3. The van der Waals surface area contributed by atoms with Gasteiger partial charge in [-0.25, -0.2) is 12.7 Å². The summed E-state index contributed by atoms with van der Waals surface area (Å²) in [7, 11) is -3.05. The fourth-order valence-electron chi connectivity index (χ4n) is 2.98. The van der Waals surface area contributed by atoms with Gasteiger partial charge in [-0.2, -0.15) is 0 Å². The maximum absolute atomic E-state index is 12.3. The first-order valence-corrected chi connectivity index (χ1v) is 9.63. The summed E-state index contributed by atoms with van der Waals surface area (Å²) < 4.78 is 26.3. The molecular formula is C14H29N3O2S. The molecule has 0 aromatic heterocycles. The van der Waals surface area contributed by atoms with Gasteiger partial charge in [0.05, 0.1) is 5.75 Å². The molecule has 2 aliphatic rings. The first-order chi connectivity index (χ1) is 9.56. The number of nitrogens with zero attached hydrogens (tertiary/aromatic N) is 2. The van der Waals surface area contributed by atoms with Crippen LogP contribution in [0.3, 0.4) is 0 Å². The Kier molecular flexibility index (Phi) is 5.84. The van der Waals surface area contributed by atoms with Gasteiger partial charge in [0.15, 0.2) is 0 Å². The van der Waals surface area contributed by atoms with Crippen molar-refractivity contribution in [1.29, 1.82) is 0 Å². The molecule has 6 heteroatoms. The summed E-state index contributed by atoms with van der Waals surface area (Å²) in [6.45, 7) is 8.49. The minimum atomic E-state index is -3.05. The summed E-state index contributed by atoms with van der Waals surface area (Å²) in [4.78, 5) is 2.37. The highest BCUT2D eigenvalue weighted by molar-refractivity contribution is 7.89. The van der Waals surface area contributed by atoms with Gasteiger partial charge in [-0.3, -0.25) is 4.90 Å². The average molecular weight is 303 g/mol. The van der Waals surface area contributed by atoms with Crippen molar-refractivity contribution in [1.82, 2.24) is 14.5 Å². The zero-order valence-electron chi connectivity index (χ0n) is 12.8. The summed E-state index contributed by atoms with van der Waals surface area (Å²) in [5, 5.41) is 3.37. The van der Waals surface area contributed by atoms with Gasteiger partial charge < -0.3 is 5.32 Å². The van der Waals surface area contributed by atoms with E-state index in [1.54, 1.807) is 4.31 Å². The third kappa shape index (κ3) is 4.41. The first-order valence-electron chi connectivity index (χ1n) is 8.02. The molecule has 0 aromatic carbocycles. The Morgan fingerprint density at radius 1 is 1.20 bits per heavy atom. The Balaban J connectivity index is 1.74. The van der Waals surface area contributed by atoms with Crippen LogP contribution in [0.25, 0.3) is 0 Å². The highest BCUT2D eigenvalue weighted by Gasteiger charge is 2.33. The highest BCUT2D eigenvalue weighted by atomic mass is 32.2. The third-order valence-corrected chi connectivity index (χ3v) is 6.36. The molecule has 1 unspecified atom stereocenters. The second-order valence-electron chi connectivity index (χ2n) is 5.92. The van der Waals surface area contributed by atoms with Crippen LogP contribution in [-0.2, 0) is 10.0 Å². The summed E-state index contributed by atoms with van der Waals surface area (Å²) >= 11 is 0. The highest BCUT2D eigenvalue weighted by Crippen LogP contribution is 2.20. The number of hydrogen-bond donors (Lipinski definition) is 1. The Bertz CT molecular complexity index is 391. The lowest BCUT2D eigenvalue weighted by Gasteiger charge is -2.26. The Morgan fingerprint density at radius 2 is 1.90 bits per heavy atom. The van der Waals surface area contributed by atoms with Gasteiger partial charge in [0.1, 0.15) is 0 Å². The van der Waals surface area contributed by atoms with Crippen LogP contribution in [-0.4, -0.2) is 68.2 Å². The topological polar surface area (TPSA) is 52.7 Å². The minimum Gasteiger partial charge on any atom is -0.314 e. The van der Waals surface area contributed by atoms with Crippen LogP contribution in [0.15, 0.2) is 0 Å². The lowest BCUT2D eigenvalue weighted by molar-refractivity contribution is 0.224. The van der Waals surface area contributed by atoms with E-state index in [4.69, 9.17) is 0 Å². The van der Waals surface area contributed by atoms with E-state index < -0.39 is 10.0 Å². The molecule has 0 radical (unpaired) electrons. The standard InChI is InChI=1S/C14H29N3O2S/c1-3-16(4-2)14-8-10-17(12-14)20(18,19)11-5-9-15-13-6-7-13/h13-15H,3-12H2,1-2H3. The molecule has 1 atom stereocenters. The summed E-state index contributed by atoms with van der Waals surface area (Å²) in [5.41, 5.74) is 0. The van der Waals surface area contributed by atoms with E-state index in [0.29, 0.717) is 25.2 Å². The van der Waals surface area contributed by atoms with Crippen molar-refractivity contribution in [2.24, 2.45) is 0 Å². The molecule has 0 spiro atoms. The molecule has 2 rings (SSSR count). The fourth-order valence-corrected chi connectivity index (χ4v) is 4.53. The van der Waals surface area contributed by atoms with Gasteiger partial charge in [0, 0.05) is 25.2 Å². The minimum absolute atomic E-state index is 0.289. The predicted octanol–water partition coefficient (Wildman–Crippen LogP) is 0.874. The van der Waals surface area contributed by atoms with Crippen molar-refractivity contribution >= 4 is 10.0 Å². The lowest BCUT2D eigenvalue weighted by Crippen LogP contribution is -2.39. The molecule has 2 fully saturated rings. The molecule has 1 N–H and O–H groups in total. The monoisotopic (exact) mass is 303 g/mol. The smallest absolute Gasteiger partial charge is 0.214 e. The second-order valence-corrected chi connectivity index (χ2v) is 8.01. The van der Waals surface area contributed by atoms with E-state index in [-0.39, 0.29) is 5.75 Å². The molecule has 0 amide bonds. The fraction of sp³-hybridized carbons (Fsp3) is 1.00. The van der Waals surface area contributed by atoms with Crippen LogP contribution in [0.4, 0.5) is 0 Å². The molecular weight excluding hydrogens is 274 g/mol. The molecule has 1 saturated carbocycles. The van der Waals surface area contributed by atoms with E-state index in [0.717, 1.165) is 32.5 Å².